The van der Waals surface area contributed by atoms with Gasteiger partial charge in [0.1, 0.15) is 11.9 Å². The van der Waals surface area contributed by atoms with E-state index in [1.807, 2.05) is 19.1 Å². The van der Waals surface area contributed by atoms with Crippen LogP contribution in [0, 0.1) is 0 Å². The van der Waals surface area contributed by atoms with Crippen LogP contribution in [0.1, 0.15) is 34.8 Å². The Morgan fingerprint density at radius 1 is 1.43 bits per heavy atom. The zero-order valence-corrected chi connectivity index (χ0v) is 11.9. The van der Waals surface area contributed by atoms with Crippen molar-refractivity contribution in [3.05, 3.63) is 47.6 Å². The first-order valence-electron chi connectivity index (χ1n) is 7.04. The van der Waals surface area contributed by atoms with Crippen LogP contribution in [0.15, 0.2) is 35.1 Å². The summed E-state index contributed by atoms with van der Waals surface area (Å²) in [6, 6.07) is 5.52. The lowest BCUT2D eigenvalue weighted by Crippen LogP contribution is -2.42. The number of carbonyl (C=O) groups is 1. The molecule has 3 rings (SSSR count). The number of carbonyl (C=O) groups excluding carboxylic acids is 1. The van der Waals surface area contributed by atoms with Gasteiger partial charge in [0.15, 0.2) is 5.69 Å². The quantitative estimate of drug-likeness (QED) is 0.861. The van der Waals surface area contributed by atoms with E-state index in [9.17, 15) is 4.79 Å². The molecule has 1 aliphatic rings. The molecule has 0 aliphatic carbocycles. The highest BCUT2D eigenvalue weighted by atomic mass is 16.5. The van der Waals surface area contributed by atoms with E-state index >= 15 is 0 Å². The van der Waals surface area contributed by atoms with E-state index in [1.165, 1.54) is 0 Å². The summed E-state index contributed by atoms with van der Waals surface area (Å²) >= 11 is 0. The van der Waals surface area contributed by atoms with Crippen LogP contribution in [0.25, 0.3) is 0 Å². The lowest BCUT2D eigenvalue weighted by Gasteiger charge is -2.32. The molecule has 110 valence electrons. The molecule has 0 spiro atoms. The number of hydrogen-bond acceptors (Lipinski definition) is 5. The van der Waals surface area contributed by atoms with Gasteiger partial charge in [0, 0.05) is 31.4 Å². The van der Waals surface area contributed by atoms with Crippen molar-refractivity contribution in [2.75, 3.05) is 19.7 Å². The van der Waals surface area contributed by atoms with Crippen molar-refractivity contribution in [3.63, 3.8) is 0 Å². The number of nitrogens with zero attached hydrogens (tertiary/aromatic N) is 3. The van der Waals surface area contributed by atoms with Gasteiger partial charge in [-0.15, -0.1) is 0 Å². The second-order valence-corrected chi connectivity index (χ2v) is 4.92. The standard InChI is InChI=1S/C15H17N3O3/c1-2-12-9-13(17-21-12)15(19)18-7-8-20-14(10-18)11-3-5-16-6-4-11/h3-6,9,14H,2,7-8,10H2,1H3/t14-/m0/s1. The topological polar surface area (TPSA) is 68.5 Å². The summed E-state index contributed by atoms with van der Waals surface area (Å²) in [5.41, 5.74) is 1.39. The third-order valence-corrected chi connectivity index (χ3v) is 3.56. The predicted octanol–water partition coefficient (Wildman–Crippen LogP) is 1.85. The van der Waals surface area contributed by atoms with Crippen molar-refractivity contribution in [2.24, 2.45) is 0 Å². The first-order chi connectivity index (χ1) is 10.3. The zero-order chi connectivity index (χ0) is 14.7. The Morgan fingerprint density at radius 3 is 2.95 bits per heavy atom. The van der Waals surface area contributed by atoms with Gasteiger partial charge in [-0.3, -0.25) is 9.78 Å². The Balaban J connectivity index is 1.72. The number of rotatable bonds is 3. The lowest BCUT2D eigenvalue weighted by molar-refractivity contribution is -0.0231. The van der Waals surface area contributed by atoms with Crippen LogP contribution in [0.5, 0.6) is 0 Å². The first-order valence-corrected chi connectivity index (χ1v) is 7.04. The molecule has 0 saturated carbocycles. The highest BCUT2D eigenvalue weighted by Gasteiger charge is 2.27. The van der Waals surface area contributed by atoms with E-state index in [0.29, 0.717) is 25.4 Å². The Labute approximate surface area is 122 Å². The number of hydrogen-bond donors (Lipinski definition) is 0. The van der Waals surface area contributed by atoms with Gasteiger partial charge in [0.25, 0.3) is 5.91 Å². The molecule has 21 heavy (non-hydrogen) atoms. The maximum absolute atomic E-state index is 12.4. The van der Waals surface area contributed by atoms with Gasteiger partial charge in [-0.25, -0.2) is 0 Å². The van der Waals surface area contributed by atoms with Gasteiger partial charge in [-0.05, 0) is 17.7 Å². The molecule has 2 aromatic rings. The molecular formula is C15H17N3O3. The molecule has 0 unspecified atom stereocenters. The number of ether oxygens (including phenoxy) is 1. The van der Waals surface area contributed by atoms with E-state index in [0.717, 1.165) is 17.7 Å². The minimum absolute atomic E-state index is 0.110. The van der Waals surface area contributed by atoms with Crippen LogP contribution in [0.3, 0.4) is 0 Å². The molecule has 6 nitrogen and oxygen atoms in total. The summed E-state index contributed by atoms with van der Waals surface area (Å²) in [6.45, 7) is 3.55. The van der Waals surface area contributed by atoms with E-state index in [4.69, 9.17) is 9.26 Å². The average Bonchev–Trinajstić information content (AvgIpc) is 3.04. The molecule has 1 saturated heterocycles. The average molecular weight is 287 g/mol. The first kappa shape index (κ1) is 13.8. The third kappa shape index (κ3) is 2.95. The summed E-state index contributed by atoms with van der Waals surface area (Å²) in [5.74, 6) is 0.609. The molecule has 0 N–H and O–H groups in total. The Bertz CT molecular complexity index is 612. The molecule has 0 aromatic carbocycles. The van der Waals surface area contributed by atoms with E-state index in [-0.39, 0.29) is 12.0 Å². The number of aromatic nitrogens is 2. The molecule has 1 fully saturated rings. The molecule has 0 radical (unpaired) electrons. The molecular weight excluding hydrogens is 270 g/mol. The molecule has 3 heterocycles. The van der Waals surface area contributed by atoms with Crippen LogP contribution in [-0.4, -0.2) is 40.6 Å². The minimum atomic E-state index is -0.122. The number of amides is 1. The van der Waals surface area contributed by atoms with E-state index < -0.39 is 0 Å². The fraction of sp³-hybridized carbons (Fsp3) is 0.400. The van der Waals surface area contributed by atoms with Crippen LogP contribution >= 0.6 is 0 Å². The highest BCUT2D eigenvalue weighted by molar-refractivity contribution is 5.92. The van der Waals surface area contributed by atoms with Crippen molar-refractivity contribution in [2.45, 2.75) is 19.4 Å². The van der Waals surface area contributed by atoms with Gasteiger partial charge in [0.05, 0.1) is 13.2 Å². The van der Waals surface area contributed by atoms with Crippen LogP contribution in [0.2, 0.25) is 0 Å². The number of morpholine rings is 1. The van der Waals surface area contributed by atoms with Crippen molar-refractivity contribution >= 4 is 5.91 Å². The fourth-order valence-electron chi connectivity index (χ4n) is 2.36. The molecule has 1 amide bonds. The highest BCUT2D eigenvalue weighted by Crippen LogP contribution is 2.22. The van der Waals surface area contributed by atoms with E-state index in [1.54, 1.807) is 23.4 Å². The van der Waals surface area contributed by atoms with Crippen molar-refractivity contribution < 1.29 is 14.1 Å². The fourth-order valence-corrected chi connectivity index (χ4v) is 2.36. The van der Waals surface area contributed by atoms with Gasteiger partial charge in [-0.2, -0.15) is 0 Å². The lowest BCUT2D eigenvalue weighted by atomic mass is 10.1. The zero-order valence-electron chi connectivity index (χ0n) is 11.9. The molecule has 1 aliphatic heterocycles. The van der Waals surface area contributed by atoms with Gasteiger partial charge in [0.2, 0.25) is 0 Å². The van der Waals surface area contributed by atoms with Gasteiger partial charge < -0.3 is 14.2 Å². The predicted molar refractivity (Wildman–Crippen MR) is 74.7 cm³/mol. The third-order valence-electron chi connectivity index (χ3n) is 3.56. The Hall–Kier alpha value is -2.21. The largest absolute Gasteiger partial charge is 0.370 e. The molecule has 2 aromatic heterocycles. The second-order valence-electron chi connectivity index (χ2n) is 4.92. The van der Waals surface area contributed by atoms with Crippen LogP contribution < -0.4 is 0 Å². The summed E-state index contributed by atoms with van der Waals surface area (Å²) in [6.07, 6.45) is 4.06. The van der Waals surface area contributed by atoms with Crippen molar-refractivity contribution in [1.29, 1.82) is 0 Å². The maximum atomic E-state index is 12.4. The van der Waals surface area contributed by atoms with Crippen molar-refractivity contribution in [3.8, 4) is 0 Å². The maximum Gasteiger partial charge on any atom is 0.276 e. The minimum Gasteiger partial charge on any atom is -0.370 e. The second kappa shape index (κ2) is 6.05. The smallest absolute Gasteiger partial charge is 0.276 e. The summed E-state index contributed by atoms with van der Waals surface area (Å²) in [4.78, 5) is 18.2. The Morgan fingerprint density at radius 2 is 2.24 bits per heavy atom. The van der Waals surface area contributed by atoms with E-state index in [2.05, 4.69) is 10.1 Å². The SMILES string of the molecule is CCc1cc(C(=O)N2CCO[C@H](c3ccncc3)C2)no1. The number of aryl methyl sites for hydroxylation is 1. The molecule has 1 atom stereocenters. The van der Waals surface area contributed by atoms with Gasteiger partial charge >= 0.3 is 0 Å². The monoisotopic (exact) mass is 287 g/mol. The van der Waals surface area contributed by atoms with Crippen LogP contribution in [0.4, 0.5) is 0 Å². The Kier molecular flexibility index (Phi) is 3.96. The number of pyridine rings is 1. The molecule has 6 heteroatoms. The van der Waals surface area contributed by atoms with Crippen molar-refractivity contribution in [1.82, 2.24) is 15.0 Å². The summed E-state index contributed by atoms with van der Waals surface area (Å²) in [5, 5.41) is 3.84. The normalized spacial score (nSPS) is 18.7. The molecule has 0 bridgehead atoms. The van der Waals surface area contributed by atoms with Gasteiger partial charge in [-0.1, -0.05) is 12.1 Å². The summed E-state index contributed by atoms with van der Waals surface area (Å²) in [7, 11) is 0. The van der Waals surface area contributed by atoms with Crippen LogP contribution in [-0.2, 0) is 11.2 Å². The summed E-state index contributed by atoms with van der Waals surface area (Å²) < 4.78 is 10.8.